The molecule has 11 heteroatoms. The van der Waals surface area contributed by atoms with Crippen LogP contribution in [0.5, 0.6) is 28.7 Å². The summed E-state index contributed by atoms with van der Waals surface area (Å²) in [6.45, 7) is 0. The Kier molecular flexibility index (Phi) is 6.97. The van der Waals surface area contributed by atoms with Gasteiger partial charge in [-0.3, -0.25) is 10.2 Å². The number of methoxy groups -OCH3 is 5. The van der Waals surface area contributed by atoms with Gasteiger partial charge in [0.15, 0.2) is 28.8 Å². The Bertz CT molecular complexity index is 1260. The molecular weight excluding hydrogens is 472 g/mol. The number of amides is 1. The van der Waals surface area contributed by atoms with Gasteiger partial charge in [0, 0.05) is 6.42 Å². The SMILES string of the molecule is COc1ccc(CC2=NN3C(=N)C(=Cc4cc(OC)c(OC)c(OC)c4)C(=O)N=C3S2)cc1OC. The van der Waals surface area contributed by atoms with Gasteiger partial charge in [0.05, 0.1) is 41.1 Å². The van der Waals surface area contributed by atoms with Gasteiger partial charge in [-0.05, 0) is 53.2 Å². The molecule has 1 amide bonds. The summed E-state index contributed by atoms with van der Waals surface area (Å²) in [5.41, 5.74) is 1.63. The van der Waals surface area contributed by atoms with Gasteiger partial charge in [-0.1, -0.05) is 6.07 Å². The zero-order valence-corrected chi connectivity index (χ0v) is 20.7. The lowest BCUT2D eigenvalue weighted by Gasteiger charge is -2.20. The number of rotatable bonds is 8. The second kappa shape index (κ2) is 10.1. The molecule has 0 aromatic heterocycles. The molecule has 2 aliphatic rings. The van der Waals surface area contributed by atoms with Gasteiger partial charge >= 0.3 is 0 Å². The lowest BCUT2D eigenvalue weighted by molar-refractivity contribution is -0.114. The highest BCUT2D eigenvalue weighted by molar-refractivity contribution is 8.26. The first-order valence-corrected chi connectivity index (χ1v) is 11.2. The number of hydrogen-bond acceptors (Lipinski definition) is 9. The van der Waals surface area contributed by atoms with Crippen LogP contribution in [0.4, 0.5) is 0 Å². The van der Waals surface area contributed by atoms with E-state index in [0.29, 0.717) is 50.9 Å². The second-order valence-corrected chi connectivity index (χ2v) is 8.38. The van der Waals surface area contributed by atoms with Crippen molar-refractivity contribution in [3.8, 4) is 28.7 Å². The van der Waals surface area contributed by atoms with E-state index in [9.17, 15) is 4.79 Å². The number of fused-ring (bicyclic) bond motifs is 1. The molecule has 35 heavy (non-hydrogen) atoms. The molecule has 2 heterocycles. The number of amidine groups is 2. The number of nitrogens with one attached hydrogen (secondary N) is 1. The van der Waals surface area contributed by atoms with Gasteiger partial charge in [0.25, 0.3) is 5.91 Å². The second-order valence-electron chi connectivity index (χ2n) is 7.34. The van der Waals surface area contributed by atoms with Crippen molar-refractivity contribution in [2.75, 3.05) is 35.5 Å². The molecule has 0 aliphatic carbocycles. The van der Waals surface area contributed by atoms with Crippen molar-refractivity contribution in [2.24, 2.45) is 10.1 Å². The van der Waals surface area contributed by atoms with Crippen LogP contribution in [-0.4, -0.2) is 62.5 Å². The maximum Gasteiger partial charge on any atom is 0.283 e. The van der Waals surface area contributed by atoms with Crippen molar-refractivity contribution >= 4 is 39.8 Å². The number of hydrogen-bond donors (Lipinski definition) is 1. The monoisotopic (exact) mass is 496 g/mol. The number of aliphatic imine (C=N–C) groups is 1. The average Bonchev–Trinajstić information content (AvgIpc) is 3.27. The van der Waals surface area contributed by atoms with E-state index in [1.165, 1.54) is 38.1 Å². The number of carbonyl (C=O) groups excluding carboxylic acids is 1. The smallest absolute Gasteiger partial charge is 0.283 e. The number of benzene rings is 2. The van der Waals surface area contributed by atoms with Crippen LogP contribution in [0, 0.1) is 5.41 Å². The lowest BCUT2D eigenvalue weighted by Crippen LogP contribution is -2.35. The summed E-state index contributed by atoms with van der Waals surface area (Å²) >= 11 is 1.25. The topological polar surface area (TPSA) is 115 Å². The standard InChI is InChI=1S/C24H24N4O6S/c1-30-16-7-6-13(9-17(16)31-2)12-20-27-28-22(25)15(23(29)26-24(28)35-20)8-14-10-18(32-3)21(34-5)19(11-14)33-4/h6-11,25H,12H2,1-5H3. The maximum atomic E-state index is 12.8. The summed E-state index contributed by atoms with van der Waals surface area (Å²) in [5, 5.41) is 15.6. The quantitative estimate of drug-likeness (QED) is 0.552. The van der Waals surface area contributed by atoms with Crippen molar-refractivity contribution < 1.29 is 28.5 Å². The Morgan fingerprint density at radius 2 is 1.57 bits per heavy atom. The zero-order valence-electron chi connectivity index (χ0n) is 19.9. The third-order valence-corrected chi connectivity index (χ3v) is 6.21. The molecule has 0 saturated heterocycles. The van der Waals surface area contributed by atoms with Crippen LogP contribution in [-0.2, 0) is 11.2 Å². The van der Waals surface area contributed by atoms with Crippen LogP contribution >= 0.6 is 11.8 Å². The molecule has 0 spiro atoms. The Balaban J connectivity index is 1.62. The molecule has 2 aromatic rings. The van der Waals surface area contributed by atoms with Crippen molar-refractivity contribution in [3.63, 3.8) is 0 Å². The number of thioether (sulfide) groups is 1. The molecule has 0 atom stereocenters. The summed E-state index contributed by atoms with van der Waals surface area (Å²) in [4.78, 5) is 17.0. The first kappa shape index (κ1) is 24.1. The van der Waals surface area contributed by atoms with Crippen LogP contribution < -0.4 is 23.7 Å². The molecule has 2 aromatic carbocycles. The summed E-state index contributed by atoms with van der Waals surface area (Å²) in [5.74, 6) is 1.96. The minimum atomic E-state index is -0.523. The molecule has 0 saturated carbocycles. The Morgan fingerprint density at radius 1 is 0.914 bits per heavy atom. The summed E-state index contributed by atoms with van der Waals surface area (Å²) in [7, 11) is 7.69. The highest BCUT2D eigenvalue weighted by atomic mass is 32.2. The van der Waals surface area contributed by atoms with E-state index in [-0.39, 0.29) is 11.4 Å². The Labute approximate surface area is 206 Å². The molecule has 0 radical (unpaired) electrons. The van der Waals surface area contributed by atoms with E-state index in [2.05, 4.69) is 10.1 Å². The third kappa shape index (κ3) is 4.67. The Morgan fingerprint density at radius 3 is 2.17 bits per heavy atom. The molecular formula is C24H24N4O6S. The fourth-order valence-electron chi connectivity index (χ4n) is 3.62. The van der Waals surface area contributed by atoms with Gasteiger partial charge in [-0.25, -0.2) is 0 Å². The highest BCUT2D eigenvalue weighted by Crippen LogP contribution is 2.39. The van der Waals surface area contributed by atoms with Crippen LogP contribution in [0.1, 0.15) is 11.1 Å². The van der Waals surface area contributed by atoms with Crippen molar-refractivity contribution in [3.05, 3.63) is 47.0 Å². The Hall–Kier alpha value is -3.99. The number of hydrazone groups is 1. The predicted octanol–water partition coefficient (Wildman–Crippen LogP) is 3.59. The molecule has 1 N–H and O–H groups in total. The van der Waals surface area contributed by atoms with E-state index in [1.54, 1.807) is 32.4 Å². The highest BCUT2D eigenvalue weighted by Gasteiger charge is 2.35. The van der Waals surface area contributed by atoms with E-state index in [0.717, 1.165) is 5.56 Å². The minimum absolute atomic E-state index is 0.0661. The largest absolute Gasteiger partial charge is 0.493 e. The van der Waals surface area contributed by atoms with Gasteiger partial charge in [0.1, 0.15) is 5.04 Å². The summed E-state index contributed by atoms with van der Waals surface area (Å²) < 4.78 is 26.8. The molecule has 4 rings (SSSR count). The van der Waals surface area contributed by atoms with E-state index >= 15 is 0 Å². The van der Waals surface area contributed by atoms with Crippen LogP contribution in [0.3, 0.4) is 0 Å². The zero-order chi connectivity index (χ0) is 25.1. The molecule has 0 fully saturated rings. The predicted molar refractivity (Wildman–Crippen MR) is 134 cm³/mol. The maximum absolute atomic E-state index is 12.8. The van der Waals surface area contributed by atoms with Gasteiger partial charge in [-0.15, -0.1) is 0 Å². The summed E-state index contributed by atoms with van der Waals surface area (Å²) in [6, 6.07) is 8.99. The van der Waals surface area contributed by atoms with Crippen molar-refractivity contribution in [2.45, 2.75) is 6.42 Å². The summed E-state index contributed by atoms with van der Waals surface area (Å²) in [6.07, 6.45) is 2.04. The van der Waals surface area contributed by atoms with Crippen molar-refractivity contribution in [1.29, 1.82) is 5.41 Å². The fraction of sp³-hybridized carbons (Fsp3) is 0.250. The number of carbonyl (C=O) groups is 1. The molecule has 0 bridgehead atoms. The first-order chi connectivity index (χ1) is 16.9. The van der Waals surface area contributed by atoms with Crippen LogP contribution in [0.25, 0.3) is 6.08 Å². The van der Waals surface area contributed by atoms with E-state index < -0.39 is 5.91 Å². The van der Waals surface area contributed by atoms with Crippen LogP contribution in [0.15, 0.2) is 46.0 Å². The van der Waals surface area contributed by atoms with E-state index in [4.69, 9.17) is 29.1 Å². The third-order valence-electron chi connectivity index (χ3n) is 5.30. The van der Waals surface area contributed by atoms with Gasteiger partial charge in [-0.2, -0.15) is 15.1 Å². The van der Waals surface area contributed by atoms with E-state index in [1.807, 2.05) is 18.2 Å². The molecule has 0 unspecified atom stereocenters. The van der Waals surface area contributed by atoms with Crippen molar-refractivity contribution in [1.82, 2.24) is 5.01 Å². The molecule has 10 nitrogen and oxygen atoms in total. The molecule has 2 aliphatic heterocycles. The van der Waals surface area contributed by atoms with Crippen LogP contribution in [0.2, 0.25) is 0 Å². The van der Waals surface area contributed by atoms with Gasteiger partial charge in [0.2, 0.25) is 10.9 Å². The minimum Gasteiger partial charge on any atom is -0.493 e. The first-order valence-electron chi connectivity index (χ1n) is 10.4. The molecule has 182 valence electrons. The lowest BCUT2D eigenvalue weighted by atomic mass is 10.1. The number of ether oxygens (including phenoxy) is 5. The fourth-order valence-corrected chi connectivity index (χ4v) is 4.54. The normalized spacial score (nSPS) is 16.0. The average molecular weight is 497 g/mol. The van der Waals surface area contributed by atoms with Gasteiger partial charge < -0.3 is 23.7 Å². The number of nitrogens with zero attached hydrogens (tertiary/aromatic N) is 3.